The summed E-state index contributed by atoms with van der Waals surface area (Å²) in [5, 5.41) is 10.8. The fourth-order valence-electron chi connectivity index (χ4n) is 3.67. The topological polar surface area (TPSA) is 59.0 Å². The zero-order valence-electron chi connectivity index (χ0n) is 16.5. The Hall–Kier alpha value is -3.80. The van der Waals surface area contributed by atoms with Gasteiger partial charge in [-0.25, -0.2) is 4.39 Å². The third-order valence-corrected chi connectivity index (χ3v) is 5.16. The number of methoxy groups -OCH3 is 2. The first-order chi connectivity index (χ1) is 14.5. The minimum Gasteiger partial charge on any atom is -0.503 e. The lowest BCUT2D eigenvalue weighted by Gasteiger charge is -2.28. The van der Waals surface area contributed by atoms with Gasteiger partial charge in [0.25, 0.3) is 5.91 Å². The van der Waals surface area contributed by atoms with Gasteiger partial charge in [0.05, 0.1) is 20.3 Å². The molecule has 0 bridgehead atoms. The minimum absolute atomic E-state index is 0.288. The molecule has 0 aromatic heterocycles. The number of aliphatic hydroxyl groups is 1. The summed E-state index contributed by atoms with van der Waals surface area (Å²) in [5.74, 6) is -0.212. The van der Waals surface area contributed by atoms with Crippen LogP contribution in [0.25, 0.3) is 5.57 Å². The van der Waals surface area contributed by atoms with Gasteiger partial charge in [0.1, 0.15) is 17.3 Å². The molecule has 0 saturated heterocycles. The summed E-state index contributed by atoms with van der Waals surface area (Å²) < 4.78 is 25.2. The smallest absolute Gasteiger partial charge is 0.294 e. The molecule has 5 nitrogen and oxygen atoms in total. The molecule has 4 rings (SSSR count). The molecule has 0 aliphatic carbocycles. The normalized spacial score (nSPS) is 16.2. The van der Waals surface area contributed by atoms with E-state index in [1.165, 1.54) is 11.0 Å². The van der Waals surface area contributed by atoms with Gasteiger partial charge in [-0.15, -0.1) is 0 Å². The van der Waals surface area contributed by atoms with E-state index in [0.717, 1.165) is 0 Å². The second-order valence-electron chi connectivity index (χ2n) is 6.79. The highest BCUT2D eigenvalue weighted by molar-refractivity contribution is 6.16. The van der Waals surface area contributed by atoms with Crippen LogP contribution in [0.2, 0.25) is 0 Å². The molecule has 1 aliphatic heterocycles. The van der Waals surface area contributed by atoms with Crippen molar-refractivity contribution in [3.8, 4) is 11.5 Å². The van der Waals surface area contributed by atoms with Crippen molar-refractivity contribution >= 4 is 17.2 Å². The zero-order chi connectivity index (χ0) is 21.3. The molecule has 0 spiro atoms. The van der Waals surface area contributed by atoms with Crippen LogP contribution in [0.1, 0.15) is 17.2 Å². The van der Waals surface area contributed by atoms with Crippen molar-refractivity contribution in [2.75, 3.05) is 19.1 Å². The molecule has 0 fully saturated rings. The maximum atomic E-state index is 14.8. The molecule has 1 amide bonds. The summed E-state index contributed by atoms with van der Waals surface area (Å²) in [4.78, 5) is 14.5. The molecular weight excluding hydrogens is 385 g/mol. The second-order valence-corrected chi connectivity index (χ2v) is 6.79. The number of carbonyl (C=O) groups excluding carboxylic acids is 1. The van der Waals surface area contributed by atoms with Gasteiger partial charge in [-0.1, -0.05) is 30.3 Å². The fraction of sp³-hybridized carbons (Fsp3) is 0.125. The predicted molar refractivity (Wildman–Crippen MR) is 112 cm³/mol. The molecule has 152 valence electrons. The summed E-state index contributed by atoms with van der Waals surface area (Å²) in [6.45, 7) is 0. The molecule has 1 aliphatic rings. The average molecular weight is 405 g/mol. The Morgan fingerprint density at radius 1 is 0.867 bits per heavy atom. The first-order valence-corrected chi connectivity index (χ1v) is 9.34. The first kappa shape index (κ1) is 19.5. The lowest BCUT2D eigenvalue weighted by Crippen LogP contribution is -2.30. The number of anilines is 1. The number of aliphatic hydroxyl groups excluding tert-OH is 1. The number of carbonyl (C=O) groups is 1. The molecule has 0 saturated carbocycles. The third-order valence-electron chi connectivity index (χ3n) is 5.16. The van der Waals surface area contributed by atoms with E-state index in [2.05, 4.69) is 0 Å². The Morgan fingerprint density at radius 3 is 2.00 bits per heavy atom. The van der Waals surface area contributed by atoms with Gasteiger partial charge in [-0.05, 0) is 48.0 Å². The third kappa shape index (κ3) is 3.26. The van der Waals surface area contributed by atoms with Crippen molar-refractivity contribution in [2.45, 2.75) is 6.04 Å². The number of hydrogen-bond donors (Lipinski definition) is 1. The fourth-order valence-corrected chi connectivity index (χ4v) is 3.67. The Balaban J connectivity index is 1.88. The summed E-state index contributed by atoms with van der Waals surface area (Å²) in [6, 6.07) is 19.2. The van der Waals surface area contributed by atoms with Gasteiger partial charge in [-0.2, -0.15) is 0 Å². The van der Waals surface area contributed by atoms with Crippen LogP contribution < -0.4 is 14.4 Å². The van der Waals surface area contributed by atoms with Gasteiger partial charge in [0, 0.05) is 16.8 Å². The van der Waals surface area contributed by atoms with Crippen LogP contribution in [0.15, 0.2) is 78.6 Å². The van der Waals surface area contributed by atoms with Gasteiger partial charge >= 0.3 is 0 Å². The summed E-state index contributed by atoms with van der Waals surface area (Å²) in [5.41, 5.74) is 1.75. The monoisotopic (exact) mass is 405 g/mol. The van der Waals surface area contributed by atoms with E-state index in [0.29, 0.717) is 28.3 Å². The standard InChI is InChI=1S/C24H20FNO4/c1-29-17-11-7-15(8-12-17)21-22(19-5-3-4-6-20(19)25)26(24(28)23(21)27)16-9-13-18(30-2)14-10-16/h3-14,22,27H,1-2H3/t22-/m0/s1. The molecule has 1 atom stereocenters. The van der Waals surface area contributed by atoms with Crippen molar-refractivity contribution in [3.05, 3.63) is 95.5 Å². The molecule has 3 aromatic carbocycles. The van der Waals surface area contributed by atoms with Crippen LogP contribution in [0.5, 0.6) is 11.5 Å². The van der Waals surface area contributed by atoms with Gasteiger partial charge in [-0.3, -0.25) is 9.69 Å². The lowest BCUT2D eigenvalue weighted by atomic mass is 9.93. The SMILES string of the molecule is COc1ccc(C2=C(O)C(=O)N(c3ccc(OC)cc3)[C@H]2c2ccccc2F)cc1. The first-order valence-electron chi connectivity index (χ1n) is 9.34. The summed E-state index contributed by atoms with van der Waals surface area (Å²) in [7, 11) is 3.10. The number of halogens is 1. The van der Waals surface area contributed by atoms with Crippen LogP contribution >= 0.6 is 0 Å². The van der Waals surface area contributed by atoms with Crippen molar-refractivity contribution in [1.29, 1.82) is 0 Å². The predicted octanol–water partition coefficient (Wildman–Crippen LogP) is 4.90. The van der Waals surface area contributed by atoms with Crippen molar-refractivity contribution in [1.82, 2.24) is 0 Å². The maximum Gasteiger partial charge on any atom is 0.294 e. The number of amides is 1. The van der Waals surface area contributed by atoms with E-state index in [9.17, 15) is 14.3 Å². The highest BCUT2D eigenvalue weighted by atomic mass is 19.1. The minimum atomic E-state index is -0.833. The number of rotatable bonds is 5. The quantitative estimate of drug-likeness (QED) is 0.656. The number of benzene rings is 3. The largest absolute Gasteiger partial charge is 0.503 e. The van der Waals surface area contributed by atoms with Crippen LogP contribution in [0, 0.1) is 5.82 Å². The van der Waals surface area contributed by atoms with Crippen LogP contribution in [-0.2, 0) is 4.79 Å². The second kappa shape index (κ2) is 7.91. The van der Waals surface area contributed by atoms with Crippen molar-refractivity contribution < 1.29 is 23.8 Å². The summed E-state index contributed by atoms with van der Waals surface area (Å²) >= 11 is 0. The van der Waals surface area contributed by atoms with Gasteiger partial charge in [0.2, 0.25) is 0 Å². The van der Waals surface area contributed by atoms with Gasteiger partial charge < -0.3 is 14.6 Å². The highest BCUT2D eigenvalue weighted by Crippen LogP contribution is 2.46. The summed E-state index contributed by atoms with van der Waals surface area (Å²) in [6.07, 6.45) is 0. The van der Waals surface area contributed by atoms with Crippen molar-refractivity contribution in [2.24, 2.45) is 0 Å². The van der Waals surface area contributed by atoms with Crippen LogP contribution in [0.3, 0.4) is 0 Å². The molecule has 0 unspecified atom stereocenters. The zero-order valence-corrected chi connectivity index (χ0v) is 16.5. The Bertz CT molecular complexity index is 1110. The van der Waals surface area contributed by atoms with Crippen LogP contribution in [-0.4, -0.2) is 25.2 Å². The molecule has 0 radical (unpaired) electrons. The Kier molecular flexibility index (Phi) is 5.14. The van der Waals surface area contributed by atoms with Crippen molar-refractivity contribution in [3.63, 3.8) is 0 Å². The van der Waals surface area contributed by atoms with E-state index < -0.39 is 23.5 Å². The van der Waals surface area contributed by atoms with E-state index in [1.54, 1.807) is 80.9 Å². The van der Waals surface area contributed by atoms with E-state index in [4.69, 9.17) is 9.47 Å². The molecule has 3 aromatic rings. The molecule has 1 N–H and O–H groups in total. The van der Waals surface area contributed by atoms with E-state index >= 15 is 0 Å². The molecular formula is C24H20FNO4. The number of ether oxygens (including phenoxy) is 2. The Morgan fingerprint density at radius 2 is 1.43 bits per heavy atom. The maximum absolute atomic E-state index is 14.8. The molecule has 30 heavy (non-hydrogen) atoms. The lowest BCUT2D eigenvalue weighted by molar-refractivity contribution is -0.117. The van der Waals surface area contributed by atoms with E-state index in [-0.39, 0.29) is 5.56 Å². The van der Waals surface area contributed by atoms with Crippen LogP contribution in [0.4, 0.5) is 10.1 Å². The highest BCUT2D eigenvalue weighted by Gasteiger charge is 2.43. The number of hydrogen-bond acceptors (Lipinski definition) is 4. The molecule has 6 heteroatoms. The molecule has 1 heterocycles. The van der Waals surface area contributed by atoms with Gasteiger partial charge in [0.15, 0.2) is 5.76 Å². The number of nitrogens with zero attached hydrogens (tertiary/aromatic N) is 1. The van der Waals surface area contributed by atoms with E-state index in [1.807, 2.05) is 0 Å². The average Bonchev–Trinajstić information content (AvgIpc) is 3.04. The Labute approximate surface area is 173 Å².